The third-order valence-electron chi connectivity index (χ3n) is 2.04. The fourth-order valence-corrected chi connectivity index (χ4v) is 1.16. The second kappa shape index (κ2) is 7.06. The molecular formula is C10H20F3NO. The lowest BCUT2D eigenvalue weighted by Crippen LogP contribution is -2.31. The van der Waals surface area contributed by atoms with Gasteiger partial charge in [0.25, 0.3) is 0 Å². The van der Waals surface area contributed by atoms with E-state index in [1.54, 1.807) is 0 Å². The van der Waals surface area contributed by atoms with Gasteiger partial charge in [0, 0.05) is 12.6 Å². The molecule has 1 atom stereocenters. The molecule has 0 saturated carbocycles. The quantitative estimate of drug-likeness (QED) is 0.675. The Morgan fingerprint density at radius 1 is 1.13 bits per heavy atom. The Morgan fingerprint density at radius 3 is 2.20 bits per heavy atom. The molecule has 0 aromatic rings. The Hall–Kier alpha value is -0.290. The van der Waals surface area contributed by atoms with Crippen molar-refractivity contribution in [2.45, 2.75) is 46.0 Å². The first kappa shape index (κ1) is 14.7. The Kier molecular flexibility index (Phi) is 6.92. The van der Waals surface area contributed by atoms with Crippen LogP contribution in [0, 0.1) is 5.92 Å². The molecule has 0 aliphatic carbocycles. The van der Waals surface area contributed by atoms with E-state index in [4.69, 9.17) is 0 Å². The van der Waals surface area contributed by atoms with E-state index in [0.717, 1.165) is 12.8 Å². The predicted octanol–water partition coefficient (Wildman–Crippen LogP) is 2.94. The van der Waals surface area contributed by atoms with Crippen molar-refractivity contribution >= 4 is 0 Å². The van der Waals surface area contributed by atoms with Crippen LogP contribution < -0.4 is 5.32 Å². The molecule has 0 heterocycles. The molecule has 0 fully saturated rings. The molecule has 1 N–H and O–H groups in total. The minimum absolute atomic E-state index is 0.235. The summed E-state index contributed by atoms with van der Waals surface area (Å²) >= 11 is 0. The van der Waals surface area contributed by atoms with Gasteiger partial charge in [0.15, 0.2) is 0 Å². The molecule has 0 aliphatic heterocycles. The smallest absolute Gasteiger partial charge is 0.312 e. The van der Waals surface area contributed by atoms with Crippen molar-refractivity contribution in [3.63, 3.8) is 0 Å². The minimum Gasteiger partial charge on any atom is -0.312 e. The van der Waals surface area contributed by atoms with E-state index in [0.29, 0.717) is 5.92 Å². The van der Waals surface area contributed by atoms with Crippen molar-refractivity contribution in [3.05, 3.63) is 0 Å². The largest absolute Gasteiger partial charge is 0.522 e. The molecular weight excluding hydrogens is 207 g/mol. The van der Waals surface area contributed by atoms with Gasteiger partial charge in [-0.1, -0.05) is 13.8 Å². The van der Waals surface area contributed by atoms with Crippen molar-refractivity contribution in [1.29, 1.82) is 0 Å². The summed E-state index contributed by atoms with van der Waals surface area (Å²) in [7, 11) is 0. The highest BCUT2D eigenvalue weighted by atomic mass is 19.4. The Balaban J connectivity index is 3.35. The van der Waals surface area contributed by atoms with Crippen LogP contribution in [-0.4, -0.2) is 25.6 Å². The van der Waals surface area contributed by atoms with E-state index >= 15 is 0 Å². The number of halogens is 3. The number of rotatable bonds is 7. The lowest BCUT2D eigenvalue weighted by Gasteiger charge is -2.15. The van der Waals surface area contributed by atoms with Crippen LogP contribution in [-0.2, 0) is 4.74 Å². The molecule has 0 radical (unpaired) electrons. The second-order valence-electron chi connectivity index (χ2n) is 4.12. The minimum atomic E-state index is -4.51. The molecule has 0 aliphatic rings. The Bertz CT molecular complexity index is 159. The summed E-state index contributed by atoms with van der Waals surface area (Å²) < 4.78 is 38.4. The third kappa shape index (κ3) is 11.6. The van der Waals surface area contributed by atoms with Crippen LogP contribution in [0.2, 0.25) is 0 Å². The number of hydrogen-bond donors (Lipinski definition) is 1. The van der Waals surface area contributed by atoms with Gasteiger partial charge in [0.2, 0.25) is 0 Å². The van der Waals surface area contributed by atoms with E-state index < -0.39 is 6.36 Å². The summed E-state index contributed by atoms with van der Waals surface area (Å²) in [6.07, 6.45) is -2.46. The molecule has 0 saturated heterocycles. The zero-order valence-electron chi connectivity index (χ0n) is 9.53. The molecule has 0 spiro atoms. The van der Waals surface area contributed by atoms with Crippen molar-refractivity contribution < 1.29 is 17.9 Å². The zero-order valence-corrected chi connectivity index (χ0v) is 9.53. The van der Waals surface area contributed by atoms with Crippen LogP contribution in [0.4, 0.5) is 13.2 Å². The van der Waals surface area contributed by atoms with E-state index in [2.05, 4.69) is 23.9 Å². The van der Waals surface area contributed by atoms with Crippen LogP contribution in [0.15, 0.2) is 0 Å². The zero-order chi connectivity index (χ0) is 11.9. The summed E-state index contributed by atoms with van der Waals surface area (Å²) in [5, 5.41) is 2.99. The maximum Gasteiger partial charge on any atom is 0.522 e. The normalized spacial score (nSPS) is 14.6. The van der Waals surface area contributed by atoms with Gasteiger partial charge < -0.3 is 5.32 Å². The molecule has 1 unspecified atom stereocenters. The van der Waals surface area contributed by atoms with Crippen LogP contribution >= 0.6 is 0 Å². The predicted molar refractivity (Wildman–Crippen MR) is 53.5 cm³/mol. The molecule has 15 heavy (non-hydrogen) atoms. The molecule has 0 bridgehead atoms. The van der Waals surface area contributed by atoms with Crippen LogP contribution in [0.1, 0.15) is 33.6 Å². The Labute approximate surface area is 89.2 Å². The lowest BCUT2D eigenvalue weighted by atomic mass is 10.0. The number of alkyl halides is 3. The first-order valence-corrected chi connectivity index (χ1v) is 5.25. The highest BCUT2D eigenvalue weighted by Crippen LogP contribution is 2.15. The monoisotopic (exact) mass is 227 g/mol. The highest BCUT2D eigenvalue weighted by molar-refractivity contribution is 4.61. The summed E-state index contributed by atoms with van der Waals surface area (Å²) in [5.41, 5.74) is 0. The maximum atomic E-state index is 11.6. The fourth-order valence-electron chi connectivity index (χ4n) is 1.16. The van der Waals surface area contributed by atoms with Gasteiger partial charge in [0.05, 0.1) is 6.61 Å². The van der Waals surface area contributed by atoms with E-state index in [9.17, 15) is 13.2 Å². The number of hydrogen-bond acceptors (Lipinski definition) is 2. The highest BCUT2D eigenvalue weighted by Gasteiger charge is 2.28. The maximum absolute atomic E-state index is 11.6. The molecule has 0 amide bonds. The standard InChI is InChI=1S/C10H20F3NO/c1-8(2)4-5-9(3)14-6-7-15-10(11,12)13/h8-9,14H,4-7H2,1-3H3. The molecule has 0 aromatic carbocycles. The van der Waals surface area contributed by atoms with Gasteiger partial charge in [-0.3, -0.25) is 4.74 Å². The Morgan fingerprint density at radius 2 is 1.73 bits per heavy atom. The first-order chi connectivity index (χ1) is 6.81. The van der Waals surface area contributed by atoms with E-state index in [1.807, 2.05) is 6.92 Å². The van der Waals surface area contributed by atoms with Gasteiger partial charge in [-0.05, 0) is 25.7 Å². The van der Waals surface area contributed by atoms with Crippen molar-refractivity contribution in [1.82, 2.24) is 5.32 Å². The van der Waals surface area contributed by atoms with Gasteiger partial charge >= 0.3 is 6.36 Å². The van der Waals surface area contributed by atoms with E-state index in [-0.39, 0.29) is 19.2 Å². The van der Waals surface area contributed by atoms with Crippen LogP contribution in [0.25, 0.3) is 0 Å². The number of nitrogens with one attached hydrogen (secondary N) is 1. The average Bonchev–Trinajstić information content (AvgIpc) is 2.07. The van der Waals surface area contributed by atoms with Gasteiger partial charge in [-0.15, -0.1) is 13.2 Å². The molecule has 0 aromatic heterocycles. The average molecular weight is 227 g/mol. The first-order valence-electron chi connectivity index (χ1n) is 5.25. The SMILES string of the molecule is CC(C)CCC(C)NCCOC(F)(F)F. The van der Waals surface area contributed by atoms with Gasteiger partial charge in [-0.25, -0.2) is 0 Å². The fraction of sp³-hybridized carbons (Fsp3) is 1.00. The van der Waals surface area contributed by atoms with Gasteiger partial charge in [-0.2, -0.15) is 0 Å². The third-order valence-corrected chi connectivity index (χ3v) is 2.04. The topological polar surface area (TPSA) is 21.3 Å². The lowest BCUT2D eigenvalue weighted by molar-refractivity contribution is -0.323. The molecule has 5 heteroatoms. The summed E-state index contributed by atoms with van der Waals surface area (Å²) in [6, 6.07) is 0.240. The molecule has 2 nitrogen and oxygen atoms in total. The summed E-state index contributed by atoms with van der Waals surface area (Å²) in [5.74, 6) is 0.626. The van der Waals surface area contributed by atoms with Crippen LogP contribution in [0.3, 0.4) is 0 Å². The van der Waals surface area contributed by atoms with Crippen LogP contribution in [0.5, 0.6) is 0 Å². The summed E-state index contributed by atoms with van der Waals surface area (Å²) in [6.45, 7) is 6.13. The molecule has 92 valence electrons. The van der Waals surface area contributed by atoms with Gasteiger partial charge in [0.1, 0.15) is 0 Å². The number of ether oxygens (including phenoxy) is 1. The van der Waals surface area contributed by atoms with Crippen molar-refractivity contribution in [2.75, 3.05) is 13.2 Å². The molecule has 0 rings (SSSR count). The second-order valence-corrected chi connectivity index (χ2v) is 4.12. The van der Waals surface area contributed by atoms with Crippen molar-refractivity contribution in [3.8, 4) is 0 Å². The van der Waals surface area contributed by atoms with Crippen molar-refractivity contribution in [2.24, 2.45) is 5.92 Å². The van der Waals surface area contributed by atoms with E-state index in [1.165, 1.54) is 0 Å². The summed E-state index contributed by atoms with van der Waals surface area (Å²) in [4.78, 5) is 0.